The maximum absolute atomic E-state index is 12.4. The number of rotatable bonds is 28. The molecule has 0 aromatic heterocycles. The average molecular weight is 823 g/mol. The lowest BCUT2D eigenvalue weighted by molar-refractivity contribution is -0.152. The number of carbonyl (C=O) groups is 6. The third kappa shape index (κ3) is 17.6. The Morgan fingerprint density at radius 3 is 1.38 bits per heavy atom. The molecule has 0 amide bonds. The van der Waals surface area contributed by atoms with Gasteiger partial charge < -0.3 is 38.5 Å². The Bertz CT molecular complexity index is 1350. The zero-order valence-corrected chi connectivity index (χ0v) is 35.8. The first-order chi connectivity index (χ1) is 27.7. The number of hydrogen-bond donors (Lipinski definition) is 0. The molecule has 330 valence electrons. The van der Waals surface area contributed by atoms with Crippen molar-refractivity contribution in [1.82, 2.24) is 39.2 Å². The zero-order chi connectivity index (χ0) is 42.0. The van der Waals surface area contributed by atoms with E-state index in [1.54, 1.807) is 0 Å². The molecule has 6 fully saturated rings. The van der Waals surface area contributed by atoms with Crippen LogP contribution in [0.15, 0.2) is 0 Å². The van der Waals surface area contributed by atoms with Crippen LogP contribution in [-0.4, -0.2) is 259 Å². The van der Waals surface area contributed by atoms with Crippen molar-refractivity contribution in [2.45, 2.75) is 56.7 Å². The molecule has 5 unspecified atom stereocenters. The van der Waals surface area contributed by atoms with Crippen LogP contribution in [0.5, 0.6) is 0 Å². The summed E-state index contributed by atoms with van der Waals surface area (Å²) in [5.74, 6) is -3.51. The lowest BCUT2D eigenvalue weighted by Gasteiger charge is -2.53. The highest BCUT2D eigenvalue weighted by Gasteiger charge is 2.39. The Kier molecular flexibility index (Phi) is 20.4. The van der Waals surface area contributed by atoms with Crippen molar-refractivity contribution in [2.24, 2.45) is 0 Å². The number of likely N-dealkylation sites (N-methyl/N-ethyl adjacent to an activating group) is 4. The van der Waals surface area contributed by atoms with E-state index in [4.69, 9.17) is 18.9 Å². The Morgan fingerprint density at radius 2 is 0.897 bits per heavy atom. The highest BCUT2D eigenvalue weighted by atomic mass is 16.5. The summed E-state index contributed by atoms with van der Waals surface area (Å²) in [5, 5.41) is 0. The van der Waals surface area contributed by atoms with Crippen molar-refractivity contribution in [3.8, 4) is 0 Å². The Morgan fingerprint density at radius 1 is 0.466 bits per heavy atom. The van der Waals surface area contributed by atoms with E-state index in [-0.39, 0.29) is 32.5 Å². The van der Waals surface area contributed by atoms with Gasteiger partial charge in [0.1, 0.15) is 38.9 Å². The number of nitrogens with zero attached hydrogens (tertiary/aromatic N) is 8. The summed E-state index contributed by atoms with van der Waals surface area (Å²) in [5.41, 5.74) is 0. The molecule has 0 N–H and O–H groups in total. The lowest BCUT2D eigenvalue weighted by atomic mass is 9.99. The fraction of sp³-hybridized carbons (Fsp3) is 0.850. The smallest absolute Gasteiger partial charge is 0.313 e. The van der Waals surface area contributed by atoms with Gasteiger partial charge in [-0.3, -0.25) is 48.4 Å². The molecule has 18 heteroatoms. The number of carbonyl (C=O) groups excluding carboxylic acids is 6. The first-order valence-electron chi connectivity index (χ1n) is 21.0. The molecule has 0 saturated carbocycles. The second kappa shape index (κ2) is 24.9. The van der Waals surface area contributed by atoms with Crippen molar-refractivity contribution in [3.05, 3.63) is 0 Å². The molecule has 4 bridgehead atoms. The molecular weight excluding hydrogens is 752 g/mol. The molecule has 6 aliphatic heterocycles. The van der Waals surface area contributed by atoms with Crippen LogP contribution in [0.3, 0.4) is 0 Å². The fourth-order valence-electron chi connectivity index (χ4n) is 8.01. The molecule has 0 radical (unpaired) electrons. The van der Waals surface area contributed by atoms with Crippen LogP contribution >= 0.6 is 0 Å². The first kappa shape index (κ1) is 47.6. The van der Waals surface area contributed by atoms with Crippen molar-refractivity contribution in [3.63, 3.8) is 0 Å². The molecule has 0 aliphatic carbocycles. The highest BCUT2D eigenvalue weighted by Crippen LogP contribution is 2.24. The van der Waals surface area contributed by atoms with E-state index >= 15 is 0 Å². The van der Waals surface area contributed by atoms with E-state index < -0.39 is 61.1 Å². The monoisotopic (exact) mass is 823 g/mol. The molecule has 5 atom stereocenters. The van der Waals surface area contributed by atoms with Crippen LogP contribution in [-0.2, 0) is 47.7 Å². The van der Waals surface area contributed by atoms with Gasteiger partial charge in [0.25, 0.3) is 0 Å². The molecule has 0 aromatic carbocycles. The minimum atomic E-state index is -0.651. The SMILES string of the molecule is CN(C)CCN(C)CCOC(=O)CC(=O)CC(=O)OCCN(C)CCN(C)CC1CN2CCN1C(CCOC(=O)CC(=O)CC(=O)OCCC1CN3CCN1CC3)C2. The molecule has 6 aliphatic rings. The second-order valence-corrected chi connectivity index (χ2v) is 16.7. The van der Waals surface area contributed by atoms with Gasteiger partial charge in [-0.2, -0.15) is 0 Å². The maximum Gasteiger partial charge on any atom is 0.313 e. The van der Waals surface area contributed by atoms with Crippen molar-refractivity contribution in [1.29, 1.82) is 0 Å². The van der Waals surface area contributed by atoms with E-state index in [1.807, 2.05) is 33.1 Å². The normalized spacial score (nSPS) is 25.0. The number of piperazine rings is 6. The second-order valence-electron chi connectivity index (χ2n) is 16.7. The largest absolute Gasteiger partial charge is 0.465 e. The van der Waals surface area contributed by atoms with Gasteiger partial charge in [-0.25, -0.2) is 0 Å². The van der Waals surface area contributed by atoms with Gasteiger partial charge in [-0.05, 0) is 48.1 Å². The van der Waals surface area contributed by atoms with Gasteiger partial charge in [0, 0.05) is 123 Å². The predicted molar refractivity (Wildman–Crippen MR) is 215 cm³/mol. The van der Waals surface area contributed by atoms with Crippen molar-refractivity contribution in [2.75, 3.05) is 166 Å². The van der Waals surface area contributed by atoms with Gasteiger partial charge in [-0.1, -0.05) is 0 Å². The van der Waals surface area contributed by atoms with Crippen LogP contribution in [0.1, 0.15) is 38.5 Å². The quantitative estimate of drug-likeness (QED) is 0.0501. The molecule has 6 rings (SSSR count). The van der Waals surface area contributed by atoms with Gasteiger partial charge in [0.05, 0.1) is 13.2 Å². The number of esters is 4. The lowest BCUT2D eigenvalue weighted by Crippen LogP contribution is -2.67. The van der Waals surface area contributed by atoms with Crippen molar-refractivity contribution >= 4 is 35.4 Å². The van der Waals surface area contributed by atoms with Gasteiger partial charge in [-0.15, -0.1) is 0 Å². The number of ether oxygens (including phenoxy) is 4. The minimum absolute atomic E-state index is 0.146. The van der Waals surface area contributed by atoms with Gasteiger partial charge in [0.2, 0.25) is 0 Å². The summed E-state index contributed by atoms with van der Waals surface area (Å²) in [6.07, 6.45) is -0.344. The average Bonchev–Trinajstić information content (AvgIpc) is 3.16. The van der Waals surface area contributed by atoms with E-state index in [2.05, 4.69) is 41.3 Å². The number of fused-ring (bicyclic) bond motifs is 6. The third-order valence-corrected chi connectivity index (χ3v) is 11.5. The highest BCUT2D eigenvalue weighted by molar-refractivity contribution is 6.04. The van der Waals surface area contributed by atoms with E-state index in [9.17, 15) is 28.8 Å². The van der Waals surface area contributed by atoms with E-state index in [0.717, 1.165) is 98.0 Å². The Labute approximate surface area is 344 Å². The van der Waals surface area contributed by atoms with Crippen LogP contribution in [0.4, 0.5) is 0 Å². The summed E-state index contributed by atoms with van der Waals surface area (Å²) >= 11 is 0. The topological polar surface area (TPSA) is 165 Å². The van der Waals surface area contributed by atoms with Crippen LogP contribution < -0.4 is 0 Å². The van der Waals surface area contributed by atoms with Crippen LogP contribution in [0, 0.1) is 0 Å². The van der Waals surface area contributed by atoms with Crippen LogP contribution in [0.2, 0.25) is 0 Å². The molecule has 6 heterocycles. The molecule has 6 saturated heterocycles. The predicted octanol–water partition coefficient (Wildman–Crippen LogP) is -1.64. The number of hydrogen-bond acceptors (Lipinski definition) is 18. The Balaban J connectivity index is 1.01. The summed E-state index contributed by atoms with van der Waals surface area (Å²) in [4.78, 5) is 91.6. The van der Waals surface area contributed by atoms with Crippen molar-refractivity contribution < 1.29 is 47.7 Å². The summed E-state index contributed by atoms with van der Waals surface area (Å²) in [6.45, 7) is 15.2. The van der Waals surface area contributed by atoms with E-state index in [1.165, 1.54) is 0 Å². The summed E-state index contributed by atoms with van der Waals surface area (Å²) in [7, 11) is 9.95. The minimum Gasteiger partial charge on any atom is -0.465 e. The van der Waals surface area contributed by atoms with Gasteiger partial charge in [0.15, 0.2) is 11.6 Å². The molecule has 18 nitrogen and oxygen atoms in total. The van der Waals surface area contributed by atoms with E-state index in [0.29, 0.717) is 31.6 Å². The molecular formula is C40H70N8O10. The fourth-order valence-corrected chi connectivity index (χ4v) is 8.01. The molecule has 0 spiro atoms. The zero-order valence-electron chi connectivity index (χ0n) is 35.8. The first-order valence-corrected chi connectivity index (χ1v) is 21.0. The van der Waals surface area contributed by atoms with Crippen LogP contribution in [0.25, 0.3) is 0 Å². The summed E-state index contributed by atoms with van der Waals surface area (Å²) in [6, 6.07) is 0.959. The third-order valence-electron chi connectivity index (χ3n) is 11.5. The molecule has 0 aromatic rings. The van der Waals surface area contributed by atoms with Gasteiger partial charge >= 0.3 is 23.9 Å². The Hall–Kier alpha value is -3.10. The maximum atomic E-state index is 12.4. The summed E-state index contributed by atoms with van der Waals surface area (Å²) < 4.78 is 21.1. The molecule has 58 heavy (non-hydrogen) atoms. The standard InChI is InChI=1S/C40H70N8O10/c1-41(2)8-9-42(3)18-22-57-39(53)26-36(50)27-40(54)58-23-19-43(4)10-11-44(5)28-34-31-46-14-17-48(34)33(30-46)7-21-56-38(52)25-35(49)24-37(51)55-20-6-32-29-45-12-15-47(32)16-13-45/h32-34H,6-31H2,1-5H3. The number of Topliss-reactive ketones (excluding diaryl/α,β-unsaturated/α-hetero) is 2. The number of ketones is 2.